The molecule has 0 N–H and O–H groups in total. The van der Waals surface area contributed by atoms with E-state index in [0.29, 0.717) is 0 Å². The number of ether oxygens (including phenoxy) is 1. The smallest absolute Gasteiger partial charge is 1.00 e. The molecule has 0 heterocycles. The van der Waals surface area contributed by atoms with Crippen molar-refractivity contribution in [3.63, 3.8) is 0 Å². The molecule has 0 radical (unpaired) electrons. The first-order chi connectivity index (χ1) is 7.43. The van der Waals surface area contributed by atoms with Crippen molar-refractivity contribution < 1.29 is 38.7 Å². The molecule has 0 spiro atoms. The third kappa shape index (κ3) is 13.2. The number of halogens is 2. The van der Waals surface area contributed by atoms with Gasteiger partial charge < -0.3 is 38.7 Å². The largest absolute Gasteiger partial charge is 2.00 e. The van der Waals surface area contributed by atoms with Crippen molar-refractivity contribution in [1.82, 2.24) is 0 Å². The molecule has 0 bridgehead atoms. The van der Waals surface area contributed by atoms with Crippen LogP contribution in [0.1, 0.15) is 45.4 Å². The van der Waals surface area contributed by atoms with E-state index in [4.69, 9.17) is 4.74 Å². The molecule has 0 fully saturated rings. The van der Waals surface area contributed by atoms with Crippen LogP contribution in [0.2, 0.25) is 0 Å². The standard InChI is InChI=1S/C14H22O.2BrH.Mg/c1-2-3-4-5-6-10-13-15-14-11-8-7-9-12-14;;;/h7-9,11-12H,2-6,10,13H2,1H3;2*1H;/q;;;+2/p-2. The number of hydrogen-bond donors (Lipinski definition) is 0. The average molecular weight is 390 g/mol. The quantitative estimate of drug-likeness (QED) is 0.371. The first-order valence-corrected chi connectivity index (χ1v) is 6.11. The van der Waals surface area contributed by atoms with Crippen LogP contribution in [0.5, 0.6) is 5.75 Å². The first kappa shape index (κ1) is 23.8. The van der Waals surface area contributed by atoms with Crippen molar-refractivity contribution in [2.24, 2.45) is 0 Å². The van der Waals surface area contributed by atoms with Crippen molar-refractivity contribution in [2.75, 3.05) is 6.61 Å². The molecule has 1 aromatic carbocycles. The van der Waals surface area contributed by atoms with E-state index in [1.807, 2.05) is 30.3 Å². The molecule has 0 saturated heterocycles. The van der Waals surface area contributed by atoms with Crippen molar-refractivity contribution in [3.05, 3.63) is 30.3 Å². The molecule has 0 aliphatic heterocycles. The maximum atomic E-state index is 5.61. The minimum absolute atomic E-state index is 0. The van der Waals surface area contributed by atoms with Gasteiger partial charge in [0.05, 0.1) is 6.61 Å². The Labute approximate surface area is 149 Å². The Morgan fingerprint density at radius 1 is 0.833 bits per heavy atom. The van der Waals surface area contributed by atoms with Gasteiger partial charge in [-0.05, 0) is 18.6 Å². The molecule has 1 aromatic rings. The van der Waals surface area contributed by atoms with Gasteiger partial charge in [0.2, 0.25) is 0 Å². The summed E-state index contributed by atoms with van der Waals surface area (Å²) >= 11 is 0. The van der Waals surface area contributed by atoms with E-state index in [1.54, 1.807) is 0 Å². The van der Waals surface area contributed by atoms with Gasteiger partial charge in [0.1, 0.15) is 5.75 Å². The second-order valence-corrected chi connectivity index (χ2v) is 3.93. The van der Waals surface area contributed by atoms with E-state index in [9.17, 15) is 0 Å². The van der Waals surface area contributed by atoms with Gasteiger partial charge in [-0.15, -0.1) is 0 Å². The maximum Gasteiger partial charge on any atom is 2.00 e. The molecule has 0 saturated carbocycles. The van der Waals surface area contributed by atoms with Gasteiger partial charge >= 0.3 is 23.1 Å². The molecule has 1 rings (SSSR count). The fraction of sp³-hybridized carbons (Fsp3) is 0.571. The Morgan fingerprint density at radius 3 is 2.00 bits per heavy atom. The summed E-state index contributed by atoms with van der Waals surface area (Å²) in [5, 5.41) is 0. The molecule has 4 heteroatoms. The second-order valence-electron chi connectivity index (χ2n) is 3.93. The van der Waals surface area contributed by atoms with Crippen LogP contribution in [0.3, 0.4) is 0 Å². The number of unbranched alkanes of at least 4 members (excludes halogenated alkanes) is 5. The summed E-state index contributed by atoms with van der Waals surface area (Å²) in [5.41, 5.74) is 0. The van der Waals surface area contributed by atoms with E-state index >= 15 is 0 Å². The second kappa shape index (κ2) is 17.7. The van der Waals surface area contributed by atoms with Gasteiger partial charge in [-0.3, -0.25) is 0 Å². The van der Waals surface area contributed by atoms with E-state index in [2.05, 4.69) is 6.92 Å². The third-order valence-corrected chi connectivity index (χ3v) is 2.51. The SMILES string of the molecule is CCCCCCCCOc1ccccc1.[Br-].[Br-].[Mg+2]. The zero-order chi connectivity index (χ0) is 10.8. The summed E-state index contributed by atoms with van der Waals surface area (Å²) in [4.78, 5) is 0. The molecule has 0 unspecified atom stereocenters. The summed E-state index contributed by atoms with van der Waals surface area (Å²) in [6.07, 6.45) is 7.90. The molecule has 0 aliphatic rings. The van der Waals surface area contributed by atoms with E-state index in [-0.39, 0.29) is 57.0 Å². The average Bonchev–Trinajstić information content (AvgIpc) is 2.29. The topological polar surface area (TPSA) is 9.23 Å². The van der Waals surface area contributed by atoms with Crippen molar-refractivity contribution in [2.45, 2.75) is 45.4 Å². The predicted molar refractivity (Wildman–Crippen MR) is 71.1 cm³/mol. The van der Waals surface area contributed by atoms with Crippen LogP contribution >= 0.6 is 0 Å². The van der Waals surface area contributed by atoms with Crippen molar-refractivity contribution in [3.8, 4) is 5.75 Å². The van der Waals surface area contributed by atoms with Crippen LogP contribution in [-0.2, 0) is 0 Å². The Morgan fingerprint density at radius 2 is 1.39 bits per heavy atom. The summed E-state index contributed by atoms with van der Waals surface area (Å²) < 4.78 is 5.61. The van der Waals surface area contributed by atoms with E-state index in [0.717, 1.165) is 12.4 Å². The van der Waals surface area contributed by atoms with Gasteiger partial charge in [0.25, 0.3) is 0 Å². The van der Waals surface area contributed by atoms with Gasteiger partial charge in [-0.1, -0.05) is 57.2 Å². The molecule has 0 amide bonds. The Kier molecular flexibility index (Phi) is 23.5. The molecule has 18 heavy (non-hydrogen) atoms. The fourth-order valence-electron chi connectivity index (χ4n) is 1.59. The summed E-state index contributed by atoms with van der Waals surface area (Å²) in [5.74, 6) is 0.992. The molecule has 0 atom stereocenters. The van der Waals surface area contributed by atoms with Crippen LogP contribution in [-0.4, -0.2) is 29.7 Å². The van der Waals surface area contributed by atoms with Gasteiger partial charge in [0, 0.05) is 0 Å². The van der Waals surface area contributed by atoms with Crippen molar-refractivity contribution >= 4 is 23.1 Å². The van der Waals surface area contributed by atoms with Gasteiger partial charge in [0.15, 0.2) is 0 Å². The van der Waals surface area contributed by atoms with Crippen LogP contribution in [0.25, 0.3) is 0 Å². The minimum Gasteiger partial charge on any atom is -1.00 e. The summed E-state index contributed by atoms with van der Waals surface area (Å²) in [7, 11) is 0. The third-order valence-electron chi connectivity index (χ3n) is 2.51. The van der Waals surface area contributed by atoms with Crippen LogP contribution in [0.4, 0.5) is 0 Å². The predicted octanol–water partition coefficient (Wildman–Crippen LogP) is -1.95. The molecular weight excluding hydrogens is 368 g/mol. The number of hydrogen-bond acceptors (Lipinski definition) is 1. The molecule has 0 aromatic heterocycles. The van der Waals surface area contributed by atoms with Crippen LogP contribution < -0.4 is 38.7 Å². The van der Waals surface area contributed by atoms with Crippen LogP contribution in [0, 0.1) is 0 Å². The Balaban J connectivity index is -0.000000750. The van der Waals surface area contributed by atoms with E-state index in [1.165, 1.54) is 38.5 Å². The zero-order valence-electron chi connectivity index (χ0n) is 11.2. The number of rotatable bonds is 8. The molecule has 1 nitrogen and oxygen atoms in total. The van der Waals surface area contributed by atoms with E-state index < -0.39 is 0 Å². The molecular formula is C14H22Br2MgO. The molecule has 100 valence electrons. The fourth-order valence-corrected chi connectivity index (χ4v) is 1.59. The summed E-state index contributed by atoms with van der Waals surface area (Å²) in [6.45, 7) is 3.11. The monoisotopic (exact) mass is 388 g/mol. The summed E-state index contributed by atoms with van der Waals surface area (Å²) in [6, 6.07) is 10.1. The minimum atomic E-state index is 0. The van der Waals surface area contributed by atoms with Crippen molar-refractivity contribution in [1.29, 1.82) is 0 Å². The Bertz CT molecular complexity index is 245. The zero-order valence-corrected chi connectivity index (χ0v) is 15.8. The number of benzene rings is 1. The Hall–Kier alpha value is 0.746. The number of para-hydroxylation sites is 1. The first-order valence-electron chi connectivity index (χ1n) is 6.11. The normalized spacial score (nSPS) is 8.50. The van der Waals surface area contributed by atoms with Gasteiger partial charge in [-0.2, -0.15) is 0 Å². The maximum absolute atomic E-state index is 5.61. The van der Waals surface area contributed by atoms with Gasteiger partial charge in [-0.25, -0.2) is 0 Å². The van der Waals surface area contributed by atoms with Crippen LogP contribution in [0.15, 0.2) is 30.3 Å². The molecule has 0 aliphatic carbocycles.